The predicted molar refractivity (Wildman–Crippen MR) is 86.4 cm³/mol. The van der Waals surface area contributed by atoms with Crippen molar-refractivity contribution in [2.24, 2.45) is 5.73 Å². The number of anilines is 2. The smallest absolute Gasteiger partial charge is 0.325 e. The van der Waals surface area contributed by atoms with Crippen molar-refractivity contribution in [2.75, 3.05) is 10.6 Å². The van der Waals surface area contributed by atoms with Crippen LogP contribution in [0.4, 0.5) is 15.6 Å². The molecule has 22 heavy (non-hydrogen) atoms. The number of urea groups is 1. The van der Waals surface area contributed by atoms with Gasteiger partial charge in [-0.2, -0.15) is 0 Å². The Morgan fingerprint density at radius 3 is 2.73 bits per heavy atom. The first-order chi connectivity index (χ1) is 10.6. The molecule has 7 heteroatoms. The number of aryl methyl sites for hydroxylation is 1. The molecular weight excluding hydrogens is 300 g/mol. The SMILES string of the molecule is NC(=O)c1c(NC(=O)Nc2ccccn2)sc2c1CCCC2. The summed E-state index contributed by atoms with van der Waals surface area (Å²) in [4.78, 5) is 29.0. The summed E-state index contributed by atoms with van der Waals surface area (Å²) in [5, 5.41) is 5.88. The third-order valence-corrected chi connectivity index (χ3v) is 4.76. The summed E-state index contributed by atoms with van der Waals surface area (Å²) in [6.07, 6.45) is 5.51. The van der Waals surface area contributed by atoms with E-state index in [1.165, 1.54) is 11.3 Å². The summed E-state index contributed by atoms with van der Waals surface area (Å²) in [5.74, 6) is -0.0468. The second-order valence-electron chi connectivity index (χ2n) is 5.07. The average Bonchev–Trinajstić information content (AvgIpc) is 2.85. The summed E-state index contributed by atoms with van der Waals surface area (Å²) in [5.41, 5.74) is 6.95. The molecule has 0 saturated carbocycles. The van der Waals surface area contributed by atoms with Gasteiger partial charge in [-0.15, -0.1) is 11.3 Å². The first kappa shape index (κ1) is 14.5. The second-order valence-corrected chi connectivity index (χ2v) is 6.18. The van der Waals surface area contributed by atoms with Gasteiger partial charge in [0.2, 0.25) is 0 Å². The van der Waals surface area contributed by atoms with Crippen molar-refractivity contribution in [2.45, 2.75) is 25.7 Å². The van der Waals surface area contributed by atoms with Crippen molar-refractivity contribution in [3.05, 3.63) is 40.4 Å². The van der Waals surface area contributed by atoms with Crippen LogP contribution in [-0.2, 0) is 12.8 Å². The van der Waals surface area contributed by atoms with E-state index in [0.29, 0.717) is 16.4 Å². The minimum absolute atomic E-state index is 0.431. The van der Waals surface area contributed by atoms with Crippen LogP contribution >= 0.6 is 11.3 Å². The molecule has 0 bridgehead atoms. The van der Waals surface area contributed by atoms with Crippen molar-refractivity contribution < 1.29 is 9.59 Å². The number of nitrogens with one attached hydrogen (secondary N) is 2. The zero-order valence-corrected chi connectivity index (χ0v) is 12.7. The van der Waals surface area contributed by atoms with Crippen LogP contribution in [0.25, 0.3) is 0 Å². The Bertz CT molecular complexity index is 712. The molecule has 1 aliphatic rings. The Labute approximate surface area is 131 Å². The maximum Gasteiger partial charge on any atom is 0.325 e. The van der Waals surface area contributed by atoms with E-state index in [0.717, 1.165) is 36.1 Å². The summed E-state index contributed by atoms with van der Waals surface area (Å²) in [6.45, 7) is 0. The molecule has 0 atom stereocenters. The zero-order chi connectivity index (χ0) is 15.5. The summed E-state index contributed by atoms with van der Waals surface area (Å²) >= 11 is 1.44. The quantitative estimate of drug-likeness (QED) is 0.812. The minimum Gasteiger partial charge on any atom is -0.365 e. The van der Waals surface area contributed by atoms with E-state index in [-0.39, 0.29) is 0 Å². The Morgan fingerprint density at radius 1 is 1.18 bits per heavy atom. The average molecular weight is 316 g/mol. The van der Waals surface area contributed by atoms with Crippen molar-refractivity contribution in [3.8, 4) is 0 Å². The van der Waals surface area contributed by atoms with Gasteiger partial charge in [0.1, 0.15) is 10.8 Å². The number of carbonyl (C=O) groups is 2. The lowest BCUT2D eigenvalue weighted by Crippen LogP contribution is -2.22. The summed E-state index contributed by atoms with van der Waals surface area (Å²) in [6, 6.07) is 4.80. The van der Waals surface area contributed by atoms with E-state index < -0.39 is 11.9 Å². The number of hydrogen-bond donors (Lipinski definition) is 3. The van der Waals surface area contributed by atoms with E-state index in [2.05, 4.69) is 15.6 Å². The van der Waals surface area contributed by atoms with Crippen LogP contribution in [0, 0.1) is 0 Å². The molecule has 2 heterocycles. The van der Waals surface area contributed by atoms with Crippen LogP contribution in [0.2, 0.25) is 0 Å². The molecule has 4 N–H and O–H groups in total. The van der Waals surface area contributed by atoms with Crippen LogP contribution in [0.15, 0.2) is 24.4 Å². The van der Waals surface area contributed by atoms with Crippen LogP contribution in [0.1, 0.15) is 33.6 Å². The number of thiophene rings is 1. The number of nitrogens with zero attached hydrogens (tertiary/aromatic N) is 1. The number of hydrogen-bond acceptors (Lipinski definition) is 4. The van der Waals surface area contributed by atoms with Crippen molar-refractivity contribution in [3.63, 3.8) is 0 Å². The van der Waals surface area contributed by atoms with Crippen molar-refractivity contribution in [1.82, 2.24) is 4.98 Å². The van der Waals surface area contributed by atoms with E-state index >= 15 is 0 Å². The molecule has 0 spiro atoms. The third-order valence-electron chi connectivity index (χ3n) is 3.55. The highest BCUT2D eigenvalue weighted by Crippen LogP contribution is 2.37. The highest BCUT2D eigenvalue weighted by atomic mass is 32.1. The molecule has 2 aromatic heterocycles. The lowest BCUT2D eigenvalue weighted by atomic mass is 9.95. The zero-order valence-electron chi connectivity index (χ0n) is 11.9. The minimum atomic E-state index is -0.493. The lowest BCUT2D eigenvalue weighted by molar-refractivity contribution is 0.100. The Hall–Kier alpha value is -2.41. The van der Waals surface area contributed by atoms with Crippen LogP contribution in [0.3, 0.4) is 0 Å². The highest BCUT2D eigenvalue weighted by Gasteiger charge is 2.24. The van der Waals surface area contributed by atoms with E-state index in [1.807, 2.05) is 0 Å². The fraction of sp³-hybridized carbons (Fsp3) is 0.267. The normalized spacial score (nSPS) is 13.3. The number of fused-ring (bicyclic) bond motifs is 1. The fourth-order valence-electron chi connectivity index (χ4n) is 2.60. The van der Waals surface area contributed by atoms with Gasteiger partial charge in [-0.1, -0.05) is 6.07 Å². The first-order valence-corrected chi connectivity index (χ1v) is 7.90. The number of amides is 3. The van der Waals surface area contributed by atoms with Gasteiger partial charge in [0.15, 0.2) is 0 Å². The largest absolute Gasteiger partial charge is 0.365 e. The predicted octanol–water partition coefficient (Wildman–Crippen LogP) is 2.76. The van der Waals surface area contributed by atoms with Crippen LogP contribution in [0.5, 0.6) is 0 Å². The number of rotatable bonds is 3. The number of carbonyl (C=O) groups excluding carboxylic acids is 2. The van der Waals surface area contributed by atoms with Crippen LogP contribution < -0.4 is 16.4 Å². The molecule has 3 rings (SSSR count). The van der Waals surface area contributed by atoms with Gasteiger partial charge >= 0.3 is 6.03 Å². The van der Waals surface area contributed by atoms with Gasteiger partial charge in [0.05, 0.1) is 5.56 Å². The highest BCUT2D eigenvalue weighted by molar-refractivity contribution is 7.17. The number of aromatic nitrogens is 1. The standard InChI is InChI=1S/C15H16N4O2S/c16-13(20)12-9-5-1-2-6-10(9)22-14(12)19-15(21)18-11-7-3-4-8-17-11/h3-4,7-8H,1-2,5-6H2,(H2,16,20)(H2,17,18,19,21). The van der Waals surface area contributed by atoms with Gasteiger partial charge in [0, 0.05) is 11.1 Å². The first-order valence-electron chi connectivity index (χ1n) is 7.08. The molecule has 1 aliphatic carbocycles. The second kappa shape index (κ2) is 6.15. The molecule has 0 aromatic carbocycles. The maximum absolute atomic E-state index is 12.1. The number of nitrogens with two attached hydrogens (primary N) is 1. The third kappa shape index (κ3) is 2.94. The van der Waals surface area contributed by atoms with Gasteiger partial charge in [-0.05, 0) is 43.4 Å². The molecule has 0 saturated heterocycles. The van der Waals surface area contributed by atoms with Crippen molar-refractivity contribution >= 4 is 34.1 Å². The topological polar surface area (TPSA) is 97.1 Å². The molecule has 0 fully saturated rings. The van der Waals surface area contributed by atoms with E-state index in [1.54, 1.807) is 24.4 Å². The molecular formula is C15H16N4O2S. The van der Waals surface area contributed by atoms with Gasteiger partial charge in [-0.25, -0.2) is 9.78 Å². The monoisotopic (exact) mass is 316 g/mol. The van der Waals surface area contributed by atoms with Crippen LogP contribution in [-0.4, -0.2) is 16.9 Å². The van der Waals surface area contributed by atoms with Crippen molar-refractivity contribution in [1.29, 1.82) is 0 Å². The van der Waals surface area contributed by atoms with Gasteiger partial charge < -0.3 is 5.73 Å². The summed E-state index contributed by atoms with van der Waals surface area (Å²) in [7, 11) is 0. The van der Waals surface area contributed by atoms with Gasteiger partial charge in [0.25, 0.3) is 5.91 Å². The Balaban J connectivity index is 1.81. The molecule has 2 aromatic rings. The van der Waals surface area contributed by atoms with E-state index in [9.17, 15) is 9.59 Å². The molecule has 6 nitrogen and oxygen atoms in total. The van der Waals surface area contributed by atoms with Gasteiger partial charge in [-0.3, -0.25) is 15.4 Å². The lowest BCUT2D eigenvalue weighted by Gasteiger charge is -2.11. The fourth-order valence-corrected chi connectivity index (χ4v) is 3.89. The molecule has 0 aliphatic heterocycles. The molecule has 0 unspecified atom stereocenters. The number of pyridine rings is 1. The Morgan fingerprint density at radius 2 is 2.00 bits per heavy atom. The molecule has 3 amide bonds. The Kier molecular flexibility index (Phi) is 4.06. The maximum atomic E-state index is 12.1. The molecule has 0 radical (unpaired) electrons. The van der Waals surface area contributed by atoms with E-state index in [4.69, 9.17) is 5.73 Å². The summed E-state index contributed by atoms with van der Waals surface area (Å²) < 4.78 is 0. The number of primary amides is 1. The molecule has 114 valence electrons.